The lowest BCUT2D eigenvalue weighted by Gasteiger charge is -2.33. The maximum Gasteiger partial charge on any atom is 0.252 e. The summed E-state index contributed by atoms with van der Waals surface area (Å²) >= 11 is 1.51. The van der Waals surface area contributed by atoms with E-state index in [1.165, 1.54) is 11.3 Å². The van der Waals surface area contributed by atoms with Crippen molar-refractivity contribution >= 4 is 23.2 Å². The van der Waals surface area contributed by atoms with Gasteiger partial charge in [-0.3, -0.25) is 9.59 Å². The number of hydrogen-bond acceptors (Lipinski definition) is 4. The minimum atomic E-state index is -0.382. The lowest BCUT2D eigenvalue weighted by Crippen LogP contribution is -2.50. The zero-order valence-electron chi connectivity index (χ0n) is 12.4. The van der Waals surface area contributed by atoms with Gasteiger partial charge in [-0.2, -0.15) is 11.3 Å². The maximum absolute atomic E-state index is 12.1. The molecule has 1 aliphatic heterocycles. The Labute approximate surface area is 129 Å². The maximum atomic E-state index is 12.1. The molecule has 1 aromatic heterocycles. The third kappa shape index (κ3) is 4.28. The van der Waals surface area contributed by atoms with Gasteiger partial charge in [-0.15, -0.1) is 0 Å². The normalized spacial score (nSPS) is 17.5. The molecule has 1 atom stereocenters. The van der Waals surface area contributed by atoms with Crippen LogP contribution in [0.25, 0.3) is 0 Å². The van der Waals surface area contributed by atoms with Crippen LogP contribution in [0.4, 0.5) is 0 Å². The second-order valence-electron chi connectivity index (χ2n) is 5.48. The number of rotatable bonds is 5. The Balaban J connectivity index is 1.78. The minimum absolute atomic E-state index is 0.0243. The van der Waals surface area contributed by atoms with Crippen molar-refractivity contribution in [1.82, 2.24) is 10.2 Å². The molecule has 0 bridgehead atoms. The molecule has 2 rings (SSSR count). The van der Waals surface area contributed by atoms with Crippen LogP contribution in [0.1, 0.15) is 43.0 Å². The summed E-state index contributed by atoms with van der Waals surface area (Å²) in [4.78, 5) is 25.9. The molecule has 0 radical (unpaired) electrons. The fraction of sp³-hybridized carbons (Fsp3) is 0.600. The van der Waals surface area contributed by atoms with Crippen LogP contribution < -0.4 is 11.1 Å². The number of likely N-dealkylation sites (tertiary alicyclic amines) is 1. The third-order valence-corrected chi connectivity index (χ3v) is 4.53. The molecule has 1 aromatic rings. The molecular formula is C15H23N3O2S. The predicted molar refractivity (Wildman–Crippen MR) is 84.3 cm³/mol. The number of nitrogens with one attached hydrogen (secondary N) is 1. The largest absolute Gasteiger partial charge is 0.349 e. The van der Waals surface area contributed by atoms with Gasteiger partial charge in [0.25, 0.3) is 5.91 Å². The molecule has 0 saturated carbocycles. The zero-order valence-corrected chi connectivity index (χ0v) is 13.2. The molecule has 21 heavy (non-hydrogen) atoms. The summed E-state index contributed by atoms with van der Waals surface area (Å²) in [5.41, 5.74) is 6.59. The summed E-state index contributed by atoms with van der Waals surface area (Å²) in [6.45, 7) is 3.37. The van der Waals surface area contributed by atoms with Crippen LogP contribution in [0.15, 0.2) is 16.8 Å². The second-order valence-corrected chi connectivity index (χ2v) is 6.26. The van der Waals surface area contributed by atoms with Crippen molar-refractivity contribution < 1.29 is 9.59 Å². The van der Waals surface area contributed by atoms with E-state index in [0.29, 0.717) is 18.7 Å². The summed E-state index contributed by atoms with van der Waals surface area (Å²) in [6, 6.07) is 1.58. The molecule has 2 heterocycles. The van der Waals surface area contributed by atoms with E-state index in [-0.39, 0.29) is 23.9 Å². The molecule has 116 valence electrons. The number of nitrogens with two attached hydrogens (primary N) is 1. The summed E-state index contributed by atoms with van der Waals surface area (Å²) in [7, 11) is 0. The number of nitrogens with zero attached hydrogens (tertiary/aromatic N) is 1. The van der Waals surface area contributed by atoms with Crippen LogP contribution in [0.2, 0.25) is 0 Å². The van der Waals surface area contributed by atoms with Crippen molar-refractivity contribution in [2.45, 2.75) is 44.7 Å². The standard InChI is InChI=1S/C15H23N3O2S/c1-2-3-13(16)15(20)18-7-4-12(5-8-18)17-14(19)11-6-9-21-10-11/h6,9-10,12-13H,2-5,7-8,16H2,1H3,(H,17,19). The first-order valence-corrected chi connectivity index (χ1v) is 8.43. The molecule has 2 amide bonds. The summed E-state index contributed by atoms with van der Waals surface area (Å²) in [6.07, 6.45) is 3.23. The Bertz CT molecular complexity index is 467. The van der Waals surface area contributed by atoms with Gasteiger partial charge in [0.1, 0.15) is 0 Å². The number of piperidine rings is 1. The number of carbonyl (C=O) groups excluding carboxylic acids is 2. The van der Waals surface area contributed by atoms with Crippen molar-refractivity contribution in [2.75, 3.05) is 13.1 Å². The average molecular weight is 309 g/mol. The number of amides is 2. The van der Waals surface area contributed by atoms with Gasteiger partial charge < -0.3 is 16.0 Å². The first-order chi connectivity index (χ1) is 10.1. The van der Waals surface area contributed by atoms with Gasteiger partial charge in [0.15, 0.2) is 0 Å². The number of carbonyl (C=O) groups is 2. The Kier molecular flexibility index (Phi) is 5.76. The molecule has 1 unspecified atom stereocenters. The molecule has 5 nitrogen and oxygen atoms in total. The topological polar surface area (TPSA) is 75.4 Å². The van der Waals surface area contributed by atoms with Gasteiger partial charge in [-0.1, -0.05) is 13.3 Å². The number of hydrogen-bond donors (Lipinski definition) is 2. The first kappa shape index (κ1) is 16.0. The smallest absolute Gasteiger partial charge is 0.252 e. The molecular weight excluding hydrogens is 286 g/mol. The molecule has 3 N–H and O–H groups in total. The van der Waals surface area contributed by atoms with Crippen LogP contribution >= 0.6 is 11.3 Å². The van der Waals surface area contributed by atoms with Crippen molar-refractivity contribution in [3.05, 3.63) is 22.4 Å². The van der Waals surface area contributed by atoms with Gasteiger partial charge in [0.2, 0.25) is 5.91 Å². The van der Waals surface area contributed by atoms with Crippen molar-refractivity contribution in [3.63, 3.8) is 0 Å². The fourth-order valence-corrected chi connectivity index (χ4v) is 3.21. The van der Waals surface area contributed by atoms with E-state index < -0.39 is 0 Å². The highest BCUT2D eigenvalue weighted by atomic mass is 32.1. The van der Waals surface area contributed by atoms with Crippen LogP contribution in [-0.4, -0.2) is 41.9 Å². The van der Waals surface area contributed by atoms with Gasteiger partial charge >= 0.3 is 0 Å². The third-order valence-electron chi connectivity index (χ3n) is 3.84. The lowest BCUT2D eigenvalue weighted by atomic mass is 10.0. The SMILES string of the molecule is CCCC(N)C(=O)N1CCC(NC(=O)c2ccsc2)CC1. The van der Waals surface area contributed by atoms with E-state index in [2.05, 4.69) is 5.32 Å². The van der Waals surface area contributed by atoms with E-state index in [4.69, 9.17) is 5.73 Å². The Morgan fingerprint density at radius 3 is 2.76 bits per heavy atom. The van der Waals surface area contributed by atoms with E-state index in [1.54, 1.807) is 0 Å². The Morgan fingerprint density at radius 2 is 2.19 bits per heavy atom. The fourth-order valence-electron chi connectivity index (χ4n) is 2.58. The Morgan fingerprint density at radius 1 is 1.48 bits per heavy atom. The Hall–Kier alpha value is -1.40. The summed E-state index contributed by atoms with van der Waals surface area (Å²) < 4.78 is 0. The summed E-state index contributed by atoms with van der Waals surface area (Å²) in [5, 5.41) is 6.77. The predicted octanol–water partition coefficient (Wildman–Crippen LogP) is 1.60. The van der Waals surface area contributed by atoms with E-state index in [0.717, 1.165) is 25.7 Å². The molecule has 1 fully saturated rings. The molecule has 0 aliphatic carbocycles. The van der Waals surface area contributed by atoms with E-state index in [1.807, 2.05) is 28.7 Å². The molecule has 1 saturated heterocycles. The molecule has 0 aromatic carbocycles. The van der Waals surface area contributed by atoms with Gasteiger partial charge in [-0.25, -0.2) is 0 Å². The van der Waals surface area contributed by atoms with Gasteiger partial charge in [0, 0.05) is 30.1 Å². The van der Waals surface area contributed by atoms with Crippen molar-refractivity contribution in [1.29, 1.82) is 0 Å². The monoisotopic (exact) mass is 309 g/mol. The summed E-state index contributed by atoms with van der Waals surface area (Å²) in [5.74, 6) is 0.0168. The zero-order chi connectivity index (χ0) is 15.2. The highest BCUT2D eigenvalue weighted by Crippen LogP contribution is 2.14. The highest BCUT2D eigenvalue weighted by Gasteiger charge is 2.26. The lowest BCUT2D eigenvalue weighted by molar-refractivity contribution is -0.133. The van der Waals surface area contributed by atoms with Crippen LogP contribution in [-0.2, 0) is 4.79 Å². The molecule has 6 heteroatoms. The molecule has 0 spiro atoms. The van der Waals surface area contributed by atoms with Crippen molar-refractivity contribution in [3.8, 4) is 0 Å². The average Bonchev–Trinajstić information content (AvgIpc) is 3.02. The van der Waals surface area contributed by atoms with Crippen LogP contribution in [0.5, 0.6) is 0 Å². The van der Waals surface area contributed by atoms with E-state index in [9.17, 15) is 9.59 Å². The van der Waals surface area contributed by atoms with Crippen LogP contribution in [0, 0.1) is 0 Å². The number of thiophene rings is 1. The van der Waals surface area contributed by atoms with Crippen molar-refractivity contribution in [2.24, 2.45) is 5.73 Å². The van der Waals surface area contributed by atoms with Crippen LogP contribution in [0.3, 0.4) is 0 Å². The second kappa shape index (κ2) is 7.56. The quantitative estimate of drug-likeness (QED) is 0.867. The highest BCUT2D eigenvalue weighted by molar-refractivity contribution is 7.08. The van der Waals surface area contributed by atoms with Gasteiger partial charge in [-0.05, 0) is 30.7 Å². The van der Waals surface area contributed by atoms with E-state index >= 15 is 0 Å². The first-order valence-electron chi connectivity index (χ1n) is 7.49. The molecule has 1 aliphatic rings. The van der Waals surface area contributed by atoms with Gasteiger partial charge in [0.05, 0.1) is 6.04 Å². The minimum Gasteiger partial charge on any atom is -0.349 e.